The van der Waals surface area contributed by atoms with Gasteiger partial charge in [0, 0.05) is 59.0 Å². The Bertz CT molecular complexity index is 2430. The zero-order valence-corrected chi connectivity index (χ0v) is 31.5. The number of halogens is 1. The van der Waals surface area contributed by atoms with E-state index in [-0.39, 0.29) is 23.9 Å². The molecule has 6 heterocycles. The number of carbonyl (C=O) groups excluding carboxylic acids is 2. The van der Waals surface area contributed by atoms with Gasteiger partial charge in [-0.25, -0.2) is 0 Å². The number of nitrogens with one attached hydrogen (secondary N) is 1. The first-order chi connectivity index (χ1) is 25.7. The van der Waals surface area contributed by atoms with Crippen LogP contribution in [0.15, 0.2) is 59.9 Å². The number of hydrogen-bond acceptors (Lipinski definition) is 7. The van der Waals surface area contributed by atoms with Crippen molar-refractivity contribution in [3.63, 3.8) is 0 Å². The van der Waals surface area contributed by atoms with E-state index >= 15 is 0 Å². The Kier molecular flexibility index (Phi) is 9.23. The minimum Gasteiger partial charge on any atom is -0.352 e. The van der Waals surface area contributed by atoms with Crippen LogP contribution < -0.4 is 5.32 Å². The molecule has 1 saturated heterocycles. The Morgan fingerprint density at radius 3 is 2.66 bits per heavy atom. The second-order valence-corrected chi connectivity index (χ2v) is 15.2. The van der Waals surface area contributed by atoms with Gasteiger partial charge in [-0.2, -0.15) is 5.10 Å². The molecule has 3 atom stereocenters. The van der Waals surface area contributed by atoms with Gasteiger partial charge in [0.05, 0.1) is 22.3 Å². The van der Waals surface area contributed by atoms with Crippen molar-refractivity contribution in [1.82, 2.24) is 34.8 Å². The molecular weight excluding hydrogens is 704 g/mol. The summed E-state index contributed by atoms with van der Waals surface area (Å²) in [5.74, 6) is 14.8. The van der Waals surface area contributed by atoms with Crippen molar-refractivity contribution in [3.05, 3.63) is 115 Å². The van der Waals surface area contributed by atoms with E-state index in [1.807, 2.05) is 74.1 Å². The first-order valence-electron chi connectivity index (χ1n) is 17.8. The van der Waals surface area contributed by atoms with Crippen LogP contribution in [0.2, 0.25) is 5.02 Å². The largest absolute Gasteiger partial charge is 0.352 e. The zero-order chi connectivity index (χ0) is 36.8. The molecule has 53 heavy (non-hydrogen) atoms. The van der Waals surface area contributed by atoms with E-state index in [0.717, 1.165) is 73.5 Å². The van der Waals surface area contributed by atoms with Crippen molar-refractivity contribution < 1.29 is 9.59 Å². The lowest BCUT2D eigenvalue weighted by Gasteiger charge is -2.33. The molecule has 0 saturated carbocycles. The molecule has 10 nitrogen and oxygen atoms in total. The average Bonchev–Trinajstić information content (AvgIpc) is 3.90. The molecule has 1 fully saturated rings. The monoisotopic (exact) mass is 740 g/mol. The number of nitrogens with zero attached hydrogens (tertiary/aromatic N) is 7. The second-order valence-electron chi connectivity index (χ2n) is 13.8. The molecule has 0 spiro atoms. The van der Waals surface area contributed by atoms with Gasteiger partial charge in [0.1, 0.15) is 22.9 Å². The first-order valence-corrected chi connectivity index (χ1v) is 19.0. The Hall–Kier alpha value is -5.49. The number of aromatic nitrogens is 5. The van der Waals surface area contributed by atoms with Crippen LogP contribution in [0.3, 0.4) is 0 Å². The number of piperidine rings is 1. The highest BCUT2D eigenvalue weighted by Gasteiger charge is 2.39. The molecule has 0 radical (unpaired) electrons. The van der Waals surface area contributed by atoms with Gasteiger partial charge in [-0.15, -0.1) is 21.5 Å². The number of fused-ring (bicyclic) bond motifs is 4. The predicted octanol–water partition coefficient (Wildman–Crippen LogP) is 6.56. The molecule has 266 valence electrons. The van der Waals surface area contributed by atoms with Crippen LogP contribution in [0.5, 0.6) is 0 Å². The van der Waals surface area contributed by atoms with Crippen LogP contribution in [0.4, 0.5) is 0 Å². The minimum atomic E-state index is -0.432. The van der Waals surface area contributed by atoms with Crippen molar-refractivity contribution in [2.24, 2.45) is 4.99 Å². The number of thiophene rings is 1. The van der Waals surface area contributed by atoms with Crippen LogP contribution in [0.25, 0.3) is 5.00 Å². The average molecular weight is 741 g/mol. The lowest BCUT2D eigenvalue weighted by Crippen LogP contribution is -2.53. The van der Waals surface area contributed by atoms with Gasteiger partial charge < -0.3 is 10.2 Å². The fourth-order valence-corrected chi connectivity index (χ4v) is 8.58. The summed E-state index contributed by atoms with van der Waals surface area (Å²) in [6.07, 6.45) is 6.77. The van der Waals surface area contributed by atoms with Gasteiger partial charge in [-0.1, -0.05) is 53.5 Å². The number of carbonyl (C=O) groups is 2. The van der Waals surface area contributed by atoms with Gasteiger partial charge >= 0.3 is 0 Å². The fraction of sp³-hybridized carbons (Fsp3) is 0.317. The van der Waals surface area contributed by atoms with Gasteiger partial charge in [0.15, 0.2) is 5.82 Å². The number of aryl methyl sites for hydroxylation is 2. The van der Waals surface area contributed by atoms with E-state index in [1.165, 1.54) is 0 Å². The molecule has 5 aromatic rings. The quantitative estimate of drug-likeness (QED) is 0.162. The number of benzene rings is 2. The second kappa shape index (κ2) is 14.1. The molecular formula is C41H37ClN8O2S. The number of aliphatic imine (C=N–C) groups is 1. The Labute approximate surface area is 317 Å². The van der Waals surface area contributed by atoms with Crippen molar-refractivity contribution in [1.29, 1.82) is 0 Å². The van der Waals surface area contributed by atoms with E-state index in [4.69, 9.17) is 16.6 Å². The molecule has 1 N–H and O–H groups in total. The maximum Gasteiger partial charge on any atom is 0.255 e. The summed E-state index contributed by atoms with van der Waals surface area (Å²) in [6.45, 7) is 9.20. The summed E-state index contributed by atoms with van der Waals surface area (Å²) in [7, 11) is 0. The number of amides is 2. The molecule has 3 aromatic heterocycles. The van der Waals surface area contributed by atoms with Gasteiger partial charge in [-0.05, 0) is 82.3 Å². The van der Waals surface area contributed by atoms with Crippen LogP contribution in [0.1, 0.15) is 106 Å². The maximum absolute atomic E-state index is 13.2. The highest BCUT2D eigenvalue weighted by molar-refractivity contribution is 7.15. The number of unbranched alkanes of at least 4 members (excludes halogenated alkanes) is 1. The van der Waals surface area contributed by atoms with E-state index in [2.05, 4.69) is 55.8 Å². The third-order valence-electron chi connectivity index (χ3n) is 10.0. The molecule has 2 unspecified atom stereocenters. The van der Waals surface area contributed by atoms with Gasteiger partial charge in [-0.3, -0.25) is 23.8 Å². The highest BCUT2D eigenvalue weighted by Crippen LogP contribution is 2.39. The van der Waals surface area contributed by atoms with Crippen LogP contribution in [-0.2, 0) is 17.9 Å². The summed E-state index contributed by atoms with van der Waals surface area (Å²) in [4.78, 5) is 33.6. The van der Waals surface area contributed by atoms with Crippen molar-refractivity contribution >= 4 is 40.5 Å². The molecule has 12 heteroatoms. The van der Waals surface area contributed by atoms with E-state index < -0.39 is 6.04 Å². The molecule has 0 aliphatic carbocycles. The Morgan fingerprint density at radius 1 is 1.02 bits per heavy atom. The molecule has 3 aliphatic rings. The molecule has 0 bridgehead atoms. The summed E-state index contributed by atoms with van der Waals surface area (Å²) in [5, 5.41) is 18.1. The van der Waals surface area contributed by atoms with Crippen LogP contribution in [-0.4, -0.2) is 59.1 Å². The zero-order valence-electron chi connectivity index (χ0n) is 29.9. The lowest BCUT2D eigenvalue weighted by atomic mass is 9.99. The Morgan fingerprint density at radius 2 is 1.85 bits per heavy atom. The summed E-state index contributed by atoms with van der Waals surface area (Å²) < 4.78 is 4.00. The van der Waals surface area contributed by atoms with Crippen molar-refractivity contribution in [3.8, 4) is 28.7 Å². The molecule has 8 rings (SSSR count). The number of hydrogen-bond donors (Lipinski definition) is 1. The molecule has 3 aliphatic heterocycles. The first kappa shape index (κ1) is 34.6. The van der Waals surface area contributed by atoms with E-state index in [1.54, 1.807) is 22.4 Å². The summed E-state index contributed by atoms with van der Waals surface area (Å²) >= 11 is 7.85. The predicted molar refractivity (Wildman–Crippen MR) is 205 cm³/mol. The number of rotatable bonds is 5. The Balaban J connectivity index is 0.950. The topological polar surface area (TPSA) is 110 Å². The minimum absolute atomic E-state index is 0.0731. The SMILES string of the molecule is Cc1c(C#Cc2cnn(CCCC#Cc3cccc4c3CN(C3CCC(C)NC3=O)C4=O)c2)sc2c1C(c1ccc(Cl)cc1)=N[C@@H](C)c1nnc(C)n1-2. The third kappa shape index (κ3) is 6.56. The van der Waals surface area contributed by atoms with Crippen molar-refractivity contribution in [2.75, 3.05) is 0 Å². The van der Waals surface area contributed by atoms with Crippen molar-refractivity contribution in [2.45, 2.75) is 84.6 Å². The summed E-state index contributed by atoms with van der Waals surface area (Å²) in [5.41, 5.74) is 7.19. The highest BCUT2D eigenvalue weighted by atomic mass is 35.5. The summed E-state index contributed by atoms with van der Waals surface area (Å²) in [6, 6.07) is 13.0. The molecule has 2 aromatic carbocycles. The standard InChI is InChI=1S/C41H37ClN8O2S/c1-24-12-18-34(39(51)44-24)49-23-33-29(10-8-11-32(33)40(49)52)9-6-5-7-20-48-22-28(21-43-48)13-19-35-25(2)36-37(30-14-16-31(42)17-15-30)45-26(3)38-47-46-27(4)50(38)41(36)53-35/h8,10-11,14-17,21-22,24,26,34H,5,7,12,18,20,23H2,1-4H3,(H,44,51)/t24?,26-,34?/m0/s1. The van der Waals surface area contributed by atoms with Crippen LogP contribution >= 0.6 is 22.9 Å². The van der Waals surface area contributed by atoms with Gasteiger partial charge in [0.25, 0.3) is 5.91 Å². The van der Waals surface area contributed by atoms with E-state index in [0.29, 0.717) is 36.5 Å². The third-order valence-corrected chi connectivity index (χ3v) is 11.5. The van der Waals surface area contributed by atoms with Gasteiger partial charge in [0.2, 0.25) is 5.91 Å². The normalized spacial score (nSPS) is 18.8. The maximum atomic E-state index is 13.2. The van der Waals surface area contributed by atoms with E-state index in [9.17, 15) is 9.59 Å². The lowest BCUT2D eigenvalue weighted by molar-refractivity contribution is -0.128. The molecule has 2 amide bonds. The fourth-order valence-electron chi connectivity index (χ4n) is 7.23. The van der Waals surface area contributed by atoms with Crippen LogP contribution in [0, 0.1) is 37.5 Å². The smallest absolute Gasteiger partial charge is 0.255 e.